The molecule has 4 aromatic rings. The molecule has 0 radical (unpaired) electrons. The van der Waals surface area contributed by atoms with E-state index in [0.29, 0.717) is 39.7 Å². The van der Waals surface area contributed by atoms with Crippen molar-refractivity contribution in [3.63, 3.8) is 0 Å². The number of likely N-dealkylation sites (N-methyl/N-ethyl adjacent to an activating group) is 1. The number of aromatic nitrogens is 2. The summed E-state index contributed by atoms with van der Waals surface area (Å²) in [7, 11) is 1.67. The molecule has 172 valence electrons. The molecule has 0 aliphatic carbocycles. The van der Waals surface area contributed by atoms with Crippen LogP contribution in [0.2, 0.25) is 0 Å². The number of ether oxygens (including phenoxy) is 1. The number of nitrogens with zero attached hydrogens (tertiary/aromatic N) is 3. The van der Waals surface area contributed by atoms with Crippen molar-refractivity contribution < 1.29 is 18.7 Å². The molecule has 0 bridgehead atoms. The van der Waals surface area contributed by atoms with E-state index in [4.69, 9.17) is 9.72 Å². The van der Waals surface area contributed by atoms with Crippen LogP contribution in [0.15, 0.2) is 54.7 Å². The molecule has 3 heterocycles. The fourth-order valence-electron chi connectivity index (χ4n) is 4.10. The fraction of sp³-hybridized carbons (Fsp3) is 0.192. The molecule has 5 rings (SSSR count). The lowest BCUT2D eigenvalue weighted by molar-refractivity contribution is -0.121. The molecule has 8 heteroatoms. The number of benzene rings is 2. The third kappa shape index (κ3) is 3.87. The van der Waals surface area contributed by atoms with Crippen molar-refractivity contribution in [1.29, 1.82) is 0 Å². The van der Waals surface area contributed by atoms with Crippen LogP contribution in [0.4, 0.5) is 15.8 Å². The van der Waals surface area contributed by atoms with Gasteiger partial charge in [0.2, 0.25) is 5.91 Å². The van der Waals surface area contributed by atoms with Gasteiger partial charge in [-0.2, -0.15) is 0 Å². The van der Waals surface area contributed by atoms with E-state index in [1.165, 1.54) is 11.0 Å². The number of hydrogen-bond acceptors (Lipinski definition) is 4. The maximum atomic E-state index is 13.9. The van der Waals surface area contributed by atoms with Gasteiger partial charge >= 0.3 is 0 Å². The van der Waals surface area contributed by atoms with Gasteiger partial charge < -0.3 is 19.4 Å². The summed E-state index contributed by atoms with van der Waals surface area (Å²) in [5, 5.41) is 2.91. The fourth-order valence-corrected chi connectivity index (χ4v) is 4.10. The number of carbonyl (C=O) groups excluding carboxylic acids is 2. The summed E-state index contributed by atoms with van der Waals surface area (Å²) in [4.78, 5) is 31.3. The molecule has 0 fully saturated rings. The smallest absolute Gasteiger partial charge is 0.264 e. The van der Waals surface area contributed by atoms with Crippen LogP contribution in [0.5, 0.6) is 5.75 Å². The van der Waals surface area contributed by atoms with Gasteiger partial charge in [-0.3, -0.25) is 9.59 Å². The first-order valence-electron chi connectivity index (χ1n) is 10.9. The average molecular weight is 458 g/mol. The normalized spacial score (nSPS) is 13.1. The Labute approximate surface area is 195 Å². The molecule has 1 N–H and O–H groups in total. The molecule has 2 aromatic heterocycles. The van der Waals surface area contributed by atoms with Crippen LogP contribution in [0.3, 0.4) is 0 Å². The number of halogens is 1. The first kappa shape index (κ1) is 21.6. The van der Waals surface area contributed by atoms with Gasteiger partial charge in [0.1, 0.15) is 17.2 Å². The summed E-state index contributed by atoms with van der Waals surface area (Å²) >= 11 is 0. The van der Waals surface area contributed by atoms with Crippen molar-refractivity contribution in [2.24, 2.45) is 0 Å². The van der Waals surface area contributed by atoms with Crippen molar-refractivity contribution >= 4 is 28.8 Å². The standard InChI is InChI=1S/C26H23FN4O3/c1-15-4-9-23-29-26(17-5-7-19(27)16(2)10-17)21(31(23)13-15)12-24(32)28-18-6-8-22-20(11-18)30(3)25(33)14-34-22/h4-11,13H,12,14H2,1-3H3,(H,28,32). The maximum absolute atomic E-state index is 13.9. The Hall–Kier alpha value is -4.20. The summed E-state index contributed by atoms with van der Waals surface area (Å²) in [6.45, 7) is 3.67. The minimum Gasteiger partial charge on any atom is -0.482 e. The van der Waals surface area contributed by atoms with Gasteiger partial charge in [0.05, 0.1) is 23.5 Å². The van der Waals surface area contributed by atoms with Crippen LogP contribution >= 0.6 is 0 Å². The van der Waals surface area contributed by atoms with E-state index >= 15 is 0 Å². The molecule has 0 spiro atoms. The molecule has 1 aliphatic heterocycles. The van der Waals surface area contributed by atoms with E-state index in [2.05, 4.69) is 5.32 Å². The van der Waals surface area contributed by atoms with Gasteiger partial charge in [-0.25, -0.2) is 9.37 Å². The molecule has 2 aromatic carbocycles. The Bertz CT molecular complexity index is 1460. The molecule has 0 saturated heterocycles. The monoisotopic (exact) mass is 458 g/mol. The number of pyridine rings is 1. The largest absolute Gasteiger partial charge is 0.482 e. The Kier molecular flexibility index (Phi) is 5.28. The summed E-state index contributed by atoms with van der Waals surface area (Å²) in [5.41, 5.74) is 5.47. The van der Waals surface area contributed by atoms with E-state index in [9.17, 15) is 14.0 Å². The van der Waals surface area contributed by atoms with E-state index in [1.54, 1.807) is 44.3 Å². The number of fused-ring (bicyclic) bond motifs is 2. The number of hydrogen-bond donors (Lipinski definition) is 1. The highest BCUT2D eigenvalue weighted by Gasteiger charge is 2.23. The number of rotatable bonds is 4. The Morgan fingerprint density at radius 2 is 1.97 bits per heavy atom. The number of amides is 2. The summed E-state index contributed by atoms with van der Waals surface area (Å²) in [5.74, 6) is -0.0980. The number of imidazole rings is 1. The second-order valence-corrected chi connectivity index (χ2v) is 8.45. The van der Waals surface area contributed by atoms with Crippen molar-refractivity contribution in [2.75, 3.05) is 23.9 Å². The second-order valence-electron chi connectivity index (χ2n) is 8.45. The van der Waals surface area contributed by atoms with Gasteiger partial charge in [0.25, 0.3) is 5.91 Å². The Balaban J connectivity index is 1.48. The van der Waals surface area contributed by atoms with Crippen molar-refractivity contribution in [3.05, 3.63) is 77.4 Å². The zero-order valence-electron chi connectivity index (χ0n) is 19.1. The molecule has 34 heavy (non-hydrogen) atoms. The number of nitrogens with one attached hydrogen (secondary N) is 1. The average Bonchev–Trinajstić information content (AvgIpc) is 3.15. The van der Waals surface area contributed by atoms with Gasteiger partial charge in [-0.1, -0.05) is 6.07 Å². The molecule has 0 unspecified atom stereocenters. The second kappa shape index (κ2) is 8.30. The predicted molar refractivity (Wildman–Crippen MR) is 128 cm³/mol. The minimum absolute atomic E-state index is 0.00541. The Morgan fingerprint density at radius 3 is 2.76 bits per heavy atom. The molecule has 1 aliphatic rings. The van der Waals surface area contributed by atoms with E-state index in [-0.39, 0.29) is 30.7 Å². The third-order valence-corrected chi connectivity index (χ3v) is 5.95. The quantitative estimate of drug-likeness (QED) is 0.495. The van der Waals surface area contributed by atoms with Gasteiger partial charge in [0, 0.05) is 24.5 Å². The van der Waals surface area contributed by atoms with Gasteiger partial charge in [0.15, 0.2) is 6.61 Å². The van der Waals surface area contributed by atoms with Crippen LogP contribution in [-0.4, -0.2) is 34.9 Å². The molecule has 0 atom stereocenters. The van der Waals surface area contributed by atoms with Crippen molar-refractivity contribution in [1.82, 2.24) is 9.38 Å². The minimum atomic E-state index is -0.289. The zero-order chi connectivity index (χ0) is 24.0. The highest BCUT2D eigenvalue weighted by molar-refractivity contribution is 5.99. The van der Waals surface area contributed by atoms with Crippen LogP contribution in [0, 0.1) is 19.7 Å². The predicted octanol–water partition coefficient (Wildman–Crippen LogP) is 4.29. The van der Waals surface area contributed by atoms with Gasteiger partial charge in [-0.05, 0) is 67.4 Å². The lowest BCUT2D eigenvalue weighted by Crippen LogP contribution is -2.35. The molecule has 7 nitrogen and oxygen atoms in total. The number of aryl methyl sites for hydroxylation is 2. The first-order chi connectivity index (χ1) is 16.3. The van der Waals surface area contributed by atoms with Crippen LogP contribution in [-0.2, 0) is 16.0 Å². The highest BCUT2D eigenvalue weighted by Crippen LogP contribution is 2.34. The lowest BCUT2D eigenvalue weighted by Gasteiger charge is -2.26. The highest BCUT2D eigenvalue weighted by atomic mass is 19.1. The zero-order valence-corrected chi connectivity index (χ0v) is 19.1. The lowest BCUT2D eigenvalue weighted by atomic mass is 10.1. The SMILES string of the molecule is Cc1ccc2nc(-c3ccc(F)c(C)c3)c(CC(=O)Nc3ccc4c(c3)N(C)C(=O)CO4)n2c1. The van der Waals surface area contributed by atoms with E-state index in [0.717, 1.165) is 11.1 Å². The number of anilines is 2. The van der Waals surface area contributed by atoms with E-state index < -0.39 is 0 Å². The van der Waals surface area contributed by atoms with Gasteiger partial charge in [-0.15, -0.1) is 0 Å². The van der Waals surface area contributed by atoms with Crippen LogP contribution in [0.1, 0.15) is 16.8 Å². The molecule has 0 saturated carbocycles. The van der Waals surface area contributed by atoms with Crippen LogP contribution < -0.4 is 15.0 Å². The van der Waals surface area contributed by atoms with Crippen molar-refractivity contribution in [2.45, 2.75) is 20.3 Å². The summed E-state index contributed by atoms with van der Waals surface area (Å²) in [6.07, 6.45) is 1.99. The summed E-state index contributed by atoms with van der Waals surface area (Å²) < 4.78 is 21.2. The maximum Gasteiger partial charge on any atom is 0.264 e. The number of carbonyl (C=O) groups is 2. The Morgan fingerprint density at radius 1 is 1.15 bits per heavy atom. The molecular formula is C26H23FN4O3. The first-order valence-corrected chi connectivity index (χ1v) is 10.9. The third-order valence-electron chi connectivity index (χ3n) is 5.95. The molecular weight excluding hydrogens is 435 g/mol. The molecule has 2 amide bonds. The van der Waals surface area contributed by atoms with E-state index in [1.807, 2.05) is 29.7 Å². The summed E-state index contributed by atoms with van der Waals surface area (Å²) in [6, 6.07) is 13.9. The van der Waals surface area contributed by atoms with Crippen molar-refractivity contribution in [3.8, 4) is 17.0 Å². The topological polar surface area (TPSA) is 75.9 Å². The van der Waals surface area contributed by atoms with Crippen LogP contribution in [0.25, 0.3) is 16.9 Å².